The average molecular weight is 634 g/mol. The standard InChI is InChI=1S/C32H36FN7O6/c1-3-18-13-38-9-7-19(18)10-26(38)30(22-6-8-34-25-5-4-21(44-2)11-23(22)25)45-17-20-14-39(37-36-20)16-28-27(41)12-29(46-28)40-15-24(33)31(42)35-32(40)43/h3-6,8,11,14-15,18-19,26-30,41H,1,7,9-10,12-13,16-17H2,2H3,(H,35,42,43)/t18?,19?,26-,27?,28?,29?,30-/m1/s1. The highest BCUT2D eigenvalue weighted by Crippen LogP contribution is 2.44. The van der Waals surface area contributed by atoms with E-state index in [1.165, 1.54) is 0 Å². The number of hydrogen-bond donors (Lipinski definition) is 2. The fraction of sp³-hybridized carbons (Fsp3) is 0.469. The molecule has 2 N–H and O–H groups in total. The summed E-state index contributed by atoms with van der Waals surface area (Å²) in [5.74, 6) is 0.647. The van der Waals surface area contributed by atoms with Crippen LogP contribution in [0.1, 0.15) is 42.9 Å². The van der Waals surface area contributed by atoms with E-state index in [0.29, 0.717) is 17.5 Å². The van der Waals surface area contributed by atoms with Crippen LogP contribution in [0, 0.1) is 17.7 Å². The van der Waals surface area contributed by atoms with Crippen molar-refractivity contribution in [3.8, 4) is 5.75 Å². The van der Waals surface area contributed by atoms with Gasteiger partial charge in [-0.2, -0.15) is 4.39 Å². The third-order valence-corrected chi connectivity index (χ3v) is 9.59. The lowest BCUT2D eigenvalue weighted by atomic mass is 9.73. The monoisotopic (exact) mass is 633 g/mol. The number of nitrogens with zero attached hydrogens (tertiary/aromatic N) is 6. The van der Waals surface area contributed by atoms with Crippen LogP contribution < -0.4 is 16.0 Å². The minimum absolute atomic E-state index is 0.0403. The van der Waals surface area contributed by atoms with Crippen LogP contribution in [0.2, 0.25) is 0 Å². The van der Waals surface area contributed by atoms with E-state index in [1.807, 2.05) is 35.4 Å². The van der Waals surface area contributed by atoms with Gasteiger partial charge in [-0.15, -0.1) is 11.7 Å². The Morgan fingerprint density at radius 3 is 2.91 bits per heavy atom. The topological polar surface area (TPSA) is 150 Å². The average Bonchev–Trinajstić information content (AvgIpc) is 3.68. The van der Waals surface area contributed by atoms with E-state index in [1.54, 1.807) is 18.0 Å². The predicted molar refractivity (Wildman–Crippen MR) is 163 cm³/mol. The van der Waals surface area contributed by atoms with Crippen LogP contribution in [0.15, 0.2) is 65.1 Å². The molecule has 7 heterocycles. The SMILES string of the molecule is C=CC1C[N@@]2CCC1C[C@@H]2[C@H](OCc1cn(CC2OC(n3cc(F)c(=O)[nH]c3=O)CC2O)nn1)c1ccnc2ccc(OC)cc12. The fourth-order valence-corrected chi connectivity index (χ4v) is 7.20. The van der Waals surface area contributed by atoms with Crippen molar-refractivity contribution in [1.29, 1.82) is 0 Å². The zero-order valence-electron chi connectivity index (χ0n) is 25.4. The normalized spacial score (nSPS) is 28.0. The molecular formula is C32H36FN7O6. The Kier molecular flexibility index (Phi) is 8.27. The number of hydrogen-bond acceptors (Lipinski definition) is 10. The van der Waals surface area contributed by atoms with Gasteiger partial charge in [0.05, 0.1) is 50.4 Å². The summed E-state index contributed by atoms with van der Waals surface area (Å²) in [4.78, 5) is 32.6. The summed E-state index contributed by atoms with van der Waals surface area (Å²) < 4.78 is 34.5. The zero-order chi connectivity index (χ0) is 31.9. The molecule has 4 aliphatic rings. The Bertz CT molecular complexity index is 1860. The molecular weight excluding hydrogens is 597 g/mol. The molecule has 0 saturated carbocycles. The fourth-order valence-electron chi connectivity index (χ4n) is 7.20. The highest BCUT2D eigenvalue weighted by Gasteiger charge is 2.43. The maximum Gasteiger partial charge on any atom is 0.330 e. The van der Waals surface area contributed by atoms with Gasteiger partial charge in [-0.05, 0) is 61.1 Å². The second-order valence-electron chi connectivity index (χ2n) is 12.3. The molecule has 8 rings (SSSR count). The Labute approximate surface area is 263 Å². The molecule has 3 aromatic heterocycles. The van der Waals surface area contributed by atoms with Crippen molar-refractivity contribution >= 4 is 10.9 Å². The highest BCUT2D eigenvalue weighted by atomic mass is 19.1. The Balaban J connectivity index is 1.09. The molecule has 4 fully saturated rings. The number of halogens is 1. The van der Waals surface area contributed by atoms with E-state index >= 15 is 0 Å². The van der Waals surface area contributed by atoms with Gasteiger partial charge in [-0.3, -0.25) is 24.2 Å². The molecule has 0 aliphatic carbocycles. The molecule has 242 valence electrons. The molecule has 8 atom stereocenters. The van der Waals surface area contributed by atoms with Crippen LogP contribution in [0.3, 0.4) is 0 Å². The number of pyridine rings is 1. The van der Waals surface area contributed by atoms with E-state index in [9.17, 15) is 19.1 Å². The van der Waals surface area contributed by atoms with Gasteiger partial charge in [0.15, 0.2) is 0 Å². The van der Waals surface area contributed by atoms with Gasteiger partial charge in [0.2, 0.25) is 5.82 Å². The first-order valence-electron chi connectivity index (χ1n) is 15.5. The largest absolute Gasteiger partial charge is 0.497 e. The third-order valence-electron chi connectivity index (χ3n) is 9.59. The maximum absolute atomic E-state index is 13.8. The number of aromatic nitrogens is 6. The highest BCUT2D eigenvalue weighted by molar-refractivity contribution is 5.84. The van der Waals surface area contributed by atoms with Gasteiger partial charge in [-0.1, -0.05) is 11.3 Å². The number of aliphatic hydroxyl groups is 1. The van der Waals surface area contributed by atoms with Crippen LogP contribution in [0.5, 0.6) is 5.75 Å². The summed E-state index contributed by atoms with van der Waals surface area (Å²) in [6.07, 6.45) is 5.69. The quantitative estimate of drug-likeness (QED) is 0.249. The molecule has 4 aliphatic heterocycles. The van der Waals surface area contributed by atoms with Crippen LogP contribution in [-0.2, 0) is 22.6 Å². The lowest BCUT2D eigenvalue weighted by Crippen LogP contribution is -2.55. The molecule has 5 unspecified atom stereocenters. The summed E-state index contributed by atoms with van der Waals surface area (Å²) in [5, 5.41) is 20.2. The summed E-state index contributed by atoms with van der Waals surface area (Å²) in [7, 11) is 1.65. The van der Waals surface area contributed by atoms with Crippen molar-refractivity contribution in [2.45, 2.75) is 63.0 Å². The minimum Gasteiger partial charge on any atom is -0.497 e. The molecule has 0 radical (unpaired) electrons. The van der Waals surface area contributed by atoms with Crippen molar-refractivity contribution in [1.82, 2.24) is 34.4 Å². The number of rotatable bonds is 10. The minimum atomic E-state index is -1.11. The number of nitrogens with one attached hydrogen (secondary N) is 1. The van der Waals surface area contributed by atoms with Gasteiger partial charge in [0.25, 0.3) is 5.56 Å². The van der Waals surface area contributed by atoms with E-state index in [0.717, 1.165) is 58.9 Å². The van der Waals surface area contributed by atoms with E-state index in [2.05, 4.69) is 32.9 Å². The number of benzene rings is 1. The molecule has 4 aromatic rings. The summed E-state index contributed by atoms with van der Waals surface area (Å²) in [6.45, 7) is 6.37. The van der Waals surface area contributed by atoms with Crippen molar-refractivity contribution in [3.05, 3.63) is 93.4 Å². The number of aliphatic hydroxyl groups excluding tert-OH is 1. The van der Waals surface area contributed by atoms with Gasteiger partial charge >= 0.3 is 5.69 Å². The first kappa shape index (κ1) is 30.4. The summed E-state index contributed by atoms with van der Waals surface area (Å²) in [6, 6.07) is 8.03. The second kappa shape index (κ2) is 12.5. The number of H-pyrrole nitrogens is 1. The van der Waals surface area contributed by atoms with Gasteiger partial charge < -0.3 is 19.3 Å². The first-order valence-corrected chi connectivity index (χ1v) is 15.5. The molecule has 13 nitrogen and oxygen atoms in total. The molecule has 0 amide bonds. The Morgan fingerprint density at radius 1 is 1.26 bits per heavy atom. The lowest BCUT2D eigenvalue weighted by Gasteiger charge is -2.51. The first-order chi connectivity index (χ1) is 22.3. The zero-order valence-corrected chi connectivity index (χ0v) is 25.4. The van der Waals surface area contributed by atoms with Crippen LogP contribution in [0.4, 0.5) is 4.39 Å². The smallest absolute Gasteiger partial charge is 0.330 e. The number of ether oxygens (including phenoxy) is 3. The van der Waals surface area contributed by atoms with E-state index in [-0.39, 0.29) is 31.7 Å². The number of fused-ring (bicyclic) bond motifs is 4. The van der Waals surface area contributed by atoms with Crippen LogP contribution >= 0.6 is 0 Å². The van der Waals surface area contributed by atoms with Crippen molar-refractivity contribution < 1.29 is 23.7 Å². The van der Waals surface area contributed by atoms with Gasteiger partial charge in [0, 0.05) is 30.6 Å². The predicted octanol–water partition coefficient (Wildman–Crippen LogP) is 2.33. The number of aromatic amines is 1. The van der Waals surface area contributed by atoms with Crippen LogP contribution in [-0.4, -0.2) is 78.0 Å². The Hall–Kier alpha value is -4.24. The third kappa shape index (κ3) is 5.77. The molecule has 46 heavy (non-hydrogen) atoms. The Morgan fingerprint density at radius 2 is 2.13 bits per heavy atom. The van der Waals surface area contributed by atoms with E-state index < -0.39 is 35.5 Å². The molecule has 14 heteroatoms. The van der Waals surface area contributed by atoms with Gasteiger partial charge in [0.1, 0.15) is 23.8 Å². The number of methoxy groups -OCH3 is 1. The van der Waals surface area contributed by atoms with Crippen molar-refractivity contribution in [3.63, 3.8) is 0 Å². The summed E-state index contributed by atoms with van der Waals surface area (Å²) >= 11 is 0. The van der Waals surface area contributed by atoms with E-state index in [4.69, 9.17) is 14.2 Å². The van der Waals surface area contributed by atoms with Crippen molar-refractivity contribution in [2.75, 3.05) is 20.2 Å². The molecule has 2 bridgehead atoms. The molecule has 0 spiro atoms. The maximum atomic E-state index is 13.8. The van der Waals surface area contributed by atoms with Crippen molar-refractivity contribution in [2.24, 2.45) is 11.8 Å². The van der Waals surface area contributed by atoms with Crippen LogP contribution in [0.25, 0.3) is 10.9 Å². The van der Waals surface area contributed by atoms with Gasteiger partial charge in [-0.25, -0.2) is 9.48 Å². The number of piperidine rings is 3. The lowest BCUT2D eigenvalue weighted by molar-refractivity contribution is -0.0809. The molecule has 4 saturated heterocycles. The summed E-state index contributed by atoms with van der Waals surface area (Å²) in [5.41, 5.74) is 0.567. The molecule has 1 aromatic carbocycles. The second-order valence-corrected chi connectivity index (χ2v) is 12.3.